The van der Waals surface area contributed by atoms with E-state index in [1.165, 1.54) is 6.20 Å². The number of aromatic nitrogens is 2. The van der Waals surface area contributed by atoms with Gasteiger partial charge in [-0.3, -0.25) is 4.68 Å². The summed E-state index contributed by atoms with van der Waals surface area (Å²) in [4.78, 5) is 0. The molecule has 1 aromatic carbocycles. The second kappa shape index (κ2) is 5.34. The van der Waals surface area contributed by atoms with Gasteiger partial charge in [-0.25, -0.2) is 0 Å². The Morgan fingerprint density at radius 3 is 2.37 bits per heavy atom. The Kier molecular flexibility index (Phi) is 3.96. The number of nitrogens with two attached hydrogens (primary N) is 1. The van der Waals surface area contributed by atoms with Gasteiger partial charge in [0.15, 0.2) is 0 Å². The summed E-state index contributed by atoms with van der Waals surface area (Å²) in [5.41, 5.74) is 5.28. The Labute approximate surface area is 116 Å². The molecule has 2 rings (SSSR count). The summed E-state index contributed by atoms with van der Waals surface area (Å²) in [5.74, 6) is 0. The lowest BCUT2D eigenvalue weighted by atomic mass is 10.2. The van der Waals surface area contributed by atoms with Crippen LogP contribution in [0.4, 0.5) is 13.2 Å². The molecular formula is C12H11BrF3N3. The second-order valence-corrected chi connectivity index (χ2v) is 4.92. The number of halogens is 4. The number of hydrogen-bond donors (Lipinski definition) is 1. The Morgan fingerprint density at radius 2 is 1.84 bits per heavy atom. The summed E-state index contributed by atoms with van der Waals surface area (Å²) in [6.45, 7) is -0.128. The number of benzene rings is 1. The smallest absolute Gasteiger partial charge is 0.326 e. The molecule has 0 atom stereocenters. The van der Waals surface area contributed by atoms with Gasteiger partial charge in [0.2, 0.25) is 0 Å². The lowest BCUT2D eigenvalue weighted by Gasteiger charge is -2.12. The molecule has 0 unspecified atom stereocenters. The fourth-order valence-electron chi connectivity index (χ4n) is 1.78. The monoisotopic (exact) mass is 333 g/mol. The highest BCUT2D eigenvalue weighted by Crippen LogP contribution is 2.32. The van der Waals surface area contributed by atoms with Gasteiger partial charge in [-0.15, -0.1) is 0 Å². The zero-order chi connectivity index (χ0) is 14.0. The molecule has 0 saturated heterocycles. The highest BCUT2D eigenvalue weighted by atomic mass is 79.9. The molecule has 0 fully saturated rings. The van der Waals surface area contributed by atoms with E-state index in [2.05, 4.69) is 21.0 Å². The van der Waals surface area contributed by atoms with Gasteiger partial charge in [0, 0.05) is 16.6 Å². The van der Waals surface area contributed by atoms with Crippen molar-refractivity contribution in [1.82, 2.24) is 9.78 Å². The molecule has 2 aromatic rings. The van der Waals surface area contributed by atoms with Crippen LogP contribution in [-0.2, 0) is 19.3 Å². The maximum atomic E-state index is 13.0. The maximum absolute atomic E-state index is 13.0. The third-order valence-electron chi connectivity index (χ3n) is 2.65. The largest absolute Gasteiger partial charge is 0.433 e. The molecular weight excluding hydrogens is 323 g/mol. The van der Waals surface area contributed by atoms with Crippen molar-refractivity contribution in [2.75, 3.05) is 0 Å². The first-order chi connectivity index (χ1) is 8.91. The average Bonchev–Trinajstić information content (AvgIpc) is 2.75. The molecule has 0 aliphatic rings. The van der Waals surface area contributed by atoms with Crippen molar-refractivity contribution < 1.29 is 13.2 Å². The van der Waals surface area contributed by atoms with Crippen molar-refractivity contribution in [2.45, 2.75) is 19.3 Å². The van der Waals surface area contributed by atoms with Crippen molar-refractivity contribution >= 4 is 15.9 Å². The first kappa shape index (κ1) is 14.1. The van der Waals surface area contributed by atoms with Crippen molar-refractivity contribution in [1.29, 1.82) is 0 Å². The number of rotatable bonds is 3. The third-order valence-corrected chi connectivity index (χ3v) is 3.18. The third kappa shape index (κ3) is 3.16. The van der Waals surface area contributed by atoms with E-state index in [4.69, 9.17) is 5.73 Å². The van der Waals surface area contributed by atoms with E-state index in [1.54, 1.807) is 24.3 Å². The minimum absolute atomic E-state index is 0.00427. The first-order valence-electron chi connectivity index (χ1n) is 5.48. The highest BCUT2D eigenvalue weighted by Gasteiger charge is 2.37. The molecule has 0 amide bonds. The van der Waals surface area contributed by atoms with Crippen LogP contribution < -0.4 is 5.73 Å². The predicted octanol–water partition coefficient (Wildman–Crippen LogP) is 3.17. The number of nitrogens with zero attached hydrogens (tertiary/aromatic N) is 2. The Hall–Kier alpha value is -1.34. The molecule has 0 radical (unpaired) electrons. The van der Waals surface area contributed by atoms with Crippen LogP contribution in [0.3, 0.4) is 0 Å². The zero-order valence-electron chi connectivity index (χ0n) is 9.78. The van der Waals surface area contributed by atoms with E-state index < -0.39 is 11.9 Å². The quantitative estimate of drug-likeness (QED) is 0.937. The molecule has 0 saturated carbocycles. The molecule has 0 aliphatic carbocycles. The zero-order valence-corrected chi connectivity index (χ0v) is 11.4. The summed E-state index contributed by atoms with van der Waals surface area (Å²) in [6.07, 6.45) is -3.29. The fraction of sp³-hybridized carbons (Fsp3) is 0.250. The van der Waals surface area contributed by atoms with E-state index in [9.17, 15) is 13.2 Å². The molecule has 3 nitrogen and oxygen atoms in total. The molecule has 102 valence electrons. The number of alkyl halides is 3. The minimum atomic E-state index is -4.46. The summed E-state index contributed by atoms with van der Waals surface area (Å²) >= 11 is 3.27. The molecule has 0 spiro atoms. The van der Waals surface area contributed by atoms with Crippen molar-refractivity contribution in [3.05, 3.63) is 51.8 Å². The van der Waals surface area contributed by atoms with Gasteiger partial charge in [-0.1, -0.05) is 28.1 Å². The van der Waals surface area contributed by atoms with Gasteiger partial charge in [0.1, 0.15) is 5.69 Å². The van der Waals surface area contributed by atoms with Crippen LogP contribution in [0, 0.1) is 0 Å². The van der Waals surface area contributed by atoms with Gasteiger partial charge in [0.05, 0.1) is 12.7 Å². The Bertz CT molecular complexity index is 561. The van der Waals surface area contributed by atoms with Crippen molar-refractivity contribution in [3.8, 4) is 0 Å². The topological polar surface area (TPSA) is 43.8 Å². The van der Waals surface area contributed by atoms with E-state index in [-0.39, 0.29) is 18.7 Å². The standard InChI is InChI=1S/C12H11BrF3N3/c13-10-3-1-8(2-4-10)7-19-11(12(14,15)16)9(5-17)6-18-19/h1-4,6H,5,7,17H2. The van der Waals surface area contributed by atoms with Gasteiger partial charge in [-0.05, 0) is 17.7 Å². The van der Waals surface area contributed by atoms with Gasteiger partial charge in [0.25, 0.3) is 0 Å². The molecule has 1 aromatic heterocycles. The highest BCUT2D eigenvalue weighted by molar-refractivity contribution is 9.10. The fourth-order valence-corrected chi connectivity index (χ4v) is 2.05. The molecule has 1 heterocycles. The van der Waals surface area contributed by atoms with Crippen molar-refractivity contribution in [2.24, 2.45) is 5.73 Å². The maximum Gasteiger partial charge on any atom is 0.433 e. The van der Waals surface area contributed by atoms with Crippen LogP contribution in [0.25, 0.3) is 0 Å². The molecule has 0 bridgehead atoms. The first-order valence-corrected chi connectivity index (χ1v) is 6.27. The Balaban J connectivity index is 2.35. The van der Waals surface area contributed by atoms with Gasteiger partial charge < -0.3 is 5.73 Å². The lowest BCUT2D eigenvalue weighted by Crippen LogP contribution is -2.18. The SMILES string of the molecule is NCc1cnn(Cc2ccc(Br)cc2)c1C(F)(F)F. The predicted molar refractivity (Wildman–Crippen MR) is 68.4 cm³/mol. The van der Waals surface area contributed by atoms with Crippen LogP contribution in [0.1, 0.15) is 16.8 Å². The summed E-state index contributed by atoms with van der Waals surface area (Å²) in [7, 11) is 0. The van der Waals surface area contributed by atoms with E-state index in [1.807, 2.05) is 0 Å². The second-order valence-electron chi connectivity index (χ2n) is 4.00. The average molecular weight is 334 g/mol. The van der Waals surface area contributed by atoms with Crippen LogP contribution in [0.15, 0.2) is 34.9 Å². The van der Waals surface area contributed by atoms with Gasteiger partial charge in [-0.2, -0.15) is 18.3 Å². The molecule has 7 heteroatoms. The normalized spacial score (nSPS) is 11.8. The van der Waals surface area contributed by atoms with E-state index in [0.29, 0.717) is 0 Å². The summed E-state index contributed by atoms with van der Waals surface area (Å²) < 4.78 is 40.7. The molecule has 2 N–H and O–H groups in total. The van der Waals surface area contributed by atoms with Crippen molar-refractivity contribution in [3.63, 3.8) is 0 Å². The summed E-state index contributed by atoms with van der Waals surface area (Å²) in [6, 6.07) is 7.04. The molecule has 0 aliphatic heterocycles. The van der Waals surface area contributed by atoms with Crippen LogP contribution in [0.2, 0.25) is 0 Å². The van der Waals surface area contributed by atoms with Gasteiger partial charge >= 0.3 is 6.18 Å². The van der Waals surface area contributed by atoms with E-state index >= 15 is 0 Å². The summed E-state index contributed by atoms with van der Waals surface area (Å²) in [5, 5.41) is 3.78. The number of hydrogen-bond acceptors (Lipinski definition) is 2. The van der Waals surface area contributed by atoms with Crippen LogP contribution in [0.5, 0.6) is 0 Å². The minimum Gasteiger partial charge on any atom is -0.326 e. The lowest BCUT2D eigenvalue weighted by molar-refractivity contribution is -0.144. The Morgan fingerprint density at radius 1 is 1.21 bits per heavy atom. The van der Waals surface area contributed by atoms with Crippen LogP contribution >= 0.6 is 15.9 Å². The van der Waals surface area contributed by atoms with E-state index in [0.717, 1.165) is 14.7 Å². The molecule has 19 heavy (non-hydrogen) atoms. The van der Waals surface area contributed by atoms with Crippen LogP contribution in [-0.4, -0.2) is 9.78 Å².